The molecule has 0 aliphatic carbocycles. The molecule has 1 aliphatic heterocycles. The molecule has 1 unspecified atom stereocenters. The van der Waals surface area contributed by atoms with Gasteiger partial charge in [0.25, 0.3) is 0 Å². The van der Waals surface area contributed by atoms with Crippen LogP contribution in [0.4, 0.5) is 0 Å². The Labute approximate surface area is 114 Å². The first-order valence-corrected chi connectivity index (χ1v) is 6.95. The average molecular weight is 256 g/mol. The maximum absolute atomic E-state index is 5.77. The summed E-state index contributed by atoms with van der Waals surface area (Å²) in [7, 11) is 0. The second kappa shape index (κ2) is 5.27. The molecule has 1 aromatic carbocycles. The second-order valence-electron chi connectivity index (χ2n) is 5.50. The number of para-hydroxylation sites is 1. The van der Waals surface area contributed by atoms with Crippen molar-refractivity contribution in [3.05, 3.63) is 42.1 Å². The lowest BCUT2D eigenvalue weighted by atomic mass is 10.0. The largest absolute Gasteiger partial charge is 0.374 e. The monoisotopic (exact) mass is 256 g/mol. The van der Waals surface area contributed by atoms with Gasteiger partial charge >= 0.3 is 0 Å². The maximum atomic E-state index is 5.77. The highest BCUT2D eigenvalue weighted by molar-refractivity contribution is 5.78. The first kappa shape index (κ1) is 12.6. The van der Waals surface area contributed by atoms with E-state index in [4.69, 9.17) is 4.74 Å². The van der Waals surface area contributed by atoms with Gasteiger partial charge in [0.2, 0.25) is 0 Å². The fourth-order valence-corrected chi connectivity index (χ4v) is 2.64. The third-order valence-corrected chi connectivity index (χ3v) is 3.76. The van der Waals surface area contributed by atoms with Gasteiger partial charge in [0.15, 0.2) is 0 Å². The summed E-state index contributed by atoms with van der Waals surface area (Å²) < 4.78 is 5.77. The number of aromatic nitrogens is 1. The predicted octanol–water partition coefficient (Wildman–Crippen LogP) is 2.89. The maximum Gasteiger partial charge on any atom is 0.0779 e. The summed E-state index contributed by atoms with van der Waals surface area (Å²) in [6, 6.07) is 12.4. The number of hydrogen-bond acceptors (Lipinski definition) is 3. The van der Waals surface area contributed by atoms with Crippen LogP contribution >= 0.6 is 0 Å². The van der Waals surface area contributed by atoms with Gasteiger partial charge in [0.1, 0.15) is 0 Å². The van der Waals surface area contributed by atoms with E-state index in [1.807, 2.05) is 12.1 Å². The van der Waals surface area contributed by atoms with Crippen LogP contribution in [0.3, 0.4) is 0 Å². The van der Waals surface area contributed by atoms with Crippen LogP contribution in [-0.2, 0) is 11.3 Å². The van der Waals surface area contributed by atoms with Crippen LogP contribution in [0.2, 0.25) is 0 Å². The molecule has 1 saturated heterocycles. The van der Waals surface area contributed by atoms with Gasteiger partial charge in [0.05, 0.1) is 16.8 Å². The summed E-state index contributed by atoms with van der Waals surface area (Å²) in [6.45, 7) is 4.76. The highest BCUT2D eigenvalue weighted by Crippen LogP contribution is 2.24. The fourth-order valence-electron chi connectivity index (χ4n) is 2.64. The second-order valence-corrected chi connectivity index (χ2v) is 5.50. The fraction of sp³-hybridized carbons (Fsp3) is 0.438. The van der Waals surface area contributed by atoms with Crippen LogP contribution in [0, 0.1) is 0 Å². The first-order valence-electron chi connectivity index (χ1n) is 6.95. The van der Waals surface area contributed by atoms with Crippen molar-refractivity contribution in [3.63, 3.8) is 0 Å². The van der Waals surface area contributed by atoms with Crippen molar-refractivity contribution in [2.75, 3.05) is 13.2 Å². The highest BCUT2D eigenvalue weighted by atomic mass is 16.5. The van der Waals surface area contributed by atoms with Gasteiger partial charge in [0, 0.05) is 25.1 Å². The van der Waals surface area contributed by atoms with E-state index < -0.39 is 0 Å². The lowest BCUT2D eigenvalue weighted by Gasteiger charge is -2.23. The molecule has 0 spiro atoms. The zero-order valence-electron chi connectivity index (χ0n) is 11.4. The number of pyridine rings is 1. The van der Waals surface area contributed by atoms with E-state index in [1.165, 1.54) is 11.8 Å². The summed E-state index contributed by atoms with van der Waals surface area (Å²) in [4.78, 5) is 4.66. The number of rotatable bonds is 4. The Morgan fingerprint density at radius 1 is 1.26 bits per heavy atom. The van der Waals surface area contributed by atoms with E-state index in [0.717, 1.165) is 37.3 Å². The summed E-state index contributed by atoms with van der Waals surface area (Å²) in [5, 5.41) is 4.65. The third kappa shape index (κ3) is 2.94. The summed E-state index contributed by atoms with van der Waals surface area (Å²) in [5.41, 5.74) is 2.15. The van der Waals surface area contributed by atoms with Crippen LogP contribution in [0.1, 0.15) is 25.5 Å². The smallest absolute Gasteiger partial charge is 0.0779 e. The molecule has 1 atom stereocenters. The molecule has 0 radical (unpaired) electrons. The molecular formula is C16H20N2O. The van der Waals surface area contributed by atoms with E-state index in [1.54, 1.807) is 0 Å². The van der Waals surface area contributed by atoms with Gasteiger partial charge in [-0.05, 0) is 31.9 Å². The van der Waals surface area contributed by atoms with Gasteiger partial charge in [-0.15, -0.1) is 0 Å². The van der Waals surface area contributed by atoms with Crippen LogP contribution in [-0.4, -0.2) is 23.7 Å². The van der Waals surface area contributed by atoms with Gasteiger partial charge in [-0.2, -0.15) is 0 Å². The summed E-state index contributed by atoms with van der Waals surface area (Å²) in [6.07, 6.45) is 2.32. The number of nitrogens with zero attached hydrogens (tertiary/aromatic N) is 1. The van der Waals surface area contributed by atoms with Crippen molar-refractivity contribution in [3.8, 4) is 0 Å². The standard InChI is InChI=1S/C16H20N2O/c1-16(9-4-10-19-16)12-17-11-14-8-7-13-5-2-3-6-15(13)18-14/h2-3,5-8,17H,4,9-12H2,1H3. The highest BCUT2D eigenvalue weighted by Gasteiger charge is 2.28. The van der Waals surface area contributed by atoms with Crippen molar-refractivity contribution < 1.29 is 4.74 Å². The minimum Gasteiger partial charge on any atom is -0.374 e. The van der Waals surface area contributed by atoms with Crippen LogP contribution in [0.25, 0.3) is 10.9 Å². The Bertz CT molecular complexity index is 561. The van der Waals surface area contributed by atoms with Crippen molar-refractivity contribution >= 4 is 10.9 Å². The van der Waals surface area contributed by atoms with Gasteiger partial charge in [-0.1, -0.05) is 24.3 Å². The van der Waals surface area contributed by atoms with Crippen LogP contribution in [0.5, 0.6) is 0 Å². The lowest BCUT2D eigenvalue weighted by molar-refractivity contribution is 0.0206. The number of fused-ring (bicyclic) bond motifs is 1. The van der Waals surface area contributed by atoms with Gasteiger partial charge in [-0.25, -0.2) is 0 Å². The van der Waals surface area contributed by atoms with E-state index in [9.17, 15) is 0 Å². The normalized spacial score (nSPS) is 23.0. The molecule has 19 heavy (non-hydrogen) atoms. The molecule has 1 fully saturated rings. The molecule has 1 aliphatic rings. The number of ether oxygens (including phenoxy) is 1. The summed E-state index contributed by atoms with van der Waals surface area (Å²) in [5.74, 6) is 0. The van der Waals surface area contributed by atoms with Crippen molar-refractivity contribution in [1.29, 1.82) is 0 Å². The zero-order valence-corrected chi connectivity index (χ0v) is 11.4. The average Bonchev–Trinajstić information content (AvgIpc) is 2.86. The Morgan fingerprint density at radius 3 is 3.00 bits per heavy atom. The lowest BCUT2D eigenvalue weighted by Crippen LogP contribution is -2.36. The van der Waals surface area contributed by atoms with Gasteiger partial charge < -0.3 is 10.1 Å². The molecular weight excluding hydrogens is 236 g/mol. The Morgan fingerprint density at radius 2 is 2.16 bits per heavy atom. The molecule has 3 nitrogen and oxygen atoms in total. The quantitative estimate of drug-likeness (QED) is 0.913. The molecule has 2 heterocycles. The molecule has 0 amide bonds. The van der Waals surface area contributed by atoms with Crippen molar-refractivity contribution in [2.45, 2.75) is 31.9 Å². The molecule has 0 bridgehead atoms. The Hall–Kier alpha value is -1.45. The first-order chi connectivity index (χ1) is 9.25. The Balaban J connectivity index is 1.62. The zero-order chi connectivity index (χ0) is 13.1. The SMILES string of the molecule is CC1(CNCc2ccc3ccccc3n2)CCCO1. The van der Waals surface area contributed by atoms with E-state index >= 15 is 0 Å². The van der Waals surface area contributed by atoms with Gasteiger partial charge in [-0.3, -0.25) is 4.98 Å². The van der Waals surface area contributed by atoms with Crippen LogP contribution < -0.4 is 5.32 Å². The van der Waals surface area contributed by atoms with Crippen molar-refractivity contribution in [2.24, 2.45) is 0 Å². The molecule has 3 heteroatoms. The molecule has 3 rings (SSSR count). The number of benzene rings is 1. The van der Waals surface area contributed by atoms with Crippen LogP contribution in [0.15, 0.2) is 36.4 Å². The predicted molar refractivity (Wildman–Crippen MR) is 77.0 cm³/mol. The van der Waals surface area contributed by atoms with E-state index in [2.05, 4.69) is 41.5 Å². The van der Waals surface area contributed by atoms with Crippen molar-refractivity contribution in [1.82, 2.24) is 10.3 Å². The molecule has 100 valence electrons. The minimum atomic E-state index is 0.0108. The topological polar surface area (TPSA) is 34.2 Å². The van der Waals surface area contributed by atoms with E-state index in [-0.39, 0.29) is 5.60 Å². The molecule has 0 saturated carbocycles. The molecule has 1 N–H and O–H groups in total. The number of nitrogens with one attached hydrogen (secondary N) is 1. The minimum absolute atomic E-state index is 0.0108. The molecule has 2 aromatic rings. The Kier molecular flexibility index (Phi) is 3.49. The number of hydrogen-bond donors (Lipinski definition) is 1. The molecule has 1 aromatic heterocycles. The summed E-state index contributed by atoms with van der Waals surface area (Å²) >= 11 is 0. The van der Waals surface area contributed by atoms with E-state index in [0.29, 0.717) is 0 Å². The third-order valence-electron chi connectivity index (χ3n) is 3.76.